The van der Waals surface area contributed by atoms with Gasteiger partial charge < -0.3 is 4.90 Å². The molecule has 1 amide bonds. The largest absolute Gasteiger partial charge is 0.337 e. The normalized spacial score (nSPS) is 14.0. The van der Waals surface area contributed by atoms with Crippen LogP contribution in [0.25, 0.3) is 0 Å². The molecule has 2 aromatic carbocycles. The molecular weight excluding hydrogens is 326 g/mol. The van der Waals surface area contributed by atoms with Gasteiger partial charge in [0.15, 0.2) is 4.90 Å². The lowest BCUT2D eigenvalue weighted by molar-refractivity contribution is 0.0816. The van der Waals surface area contributed by atoms with E-state index in [2.05, 4.69) is 4.72 Å². The van der Waals surface area contributed by atoms with Gasteiger partial charge in [0, 0.05) is 24.7 Å². The van der Waals surface area contributed by atoms with Crippen molar-refractivity contribution in [3.8, 4) is 0 Å². The zero-order valence-electron chi connectivity index (χ0n) is 12.0. The fourth-order valence-corrected chi connectivity index (χ4v) is 3.74. The van der Waals surface area contributed by atoms with Crippen LogP contribution >= 0.6 is 0 Å². The molecule has 5 nitrogen and oxygen atoms in total. The summed E-state index contributed by atoms with van der Waals surface area (Å²) in [5, 5.41) is 0. The molecule has 0 bridgehead atoms. The van der Waals surface area contributed by atoms with Crippen molar-refractivity contribution in [1.29, 1.82) is 0 Å². The molecule has 0 saturated heterocycles. The van der Waals surface area contributed by atoms with E-state index >= 15 is 0 Å². The fraction of sp³-hybridized carbons (Fsp3) is 0.133. The van der Waals surface area contributed by atoms with Crippen LogP contribution in [0, 0.1) is 11.6 Å². The third-order valence-electron chi connectivity index (χ3n) is 3.58. The van der Waals surface area contributed by atoms with Gasteiger partial charge in [-0.1, -0.05) is 12.1 Å². The first-order valence-corrected chi connectivity index (χ1v) is 8.14. The molecule has 23 heavy (non-hydrogen) atoms. The zero-order valence-corrected chi connectivity index (χ0v) is 12.8. The monoisotopic (exact) mass is 338 g/mol. The molecule has 0 spiro atoms. The lowest BCUT2D eigenvalue weighted by Gasteiger charge is -2.12. The summed E-state index contributed by atoms with van der Waals surface area (Å²) in [5.74, 6) is -2.60. The topological polar surface area (TPSA) is 66.5 Å². The Balaban J connectivity index is 2.06. The summed E-state index contributed by atoms with van der Waals surface area (Å²) < 4.78 is 54.3. The van der Waals surface area contributed by atoms with Crippen LogP contribution in [0.4, 0.5) is 14.5 Å². The van der Waals surface area contributed by atoms with Gasteiger partial charge in [-0.25, -0.2) is 17.2 Å². The maximum Gasteiger partial charge on any atom is 0.267 e. The van der Waals surface area contributed by atoms with Crippen LogP contribution in [-0.2, 0) is 16.6 Å². The number of amides is 1. The van der Waals surface area contributed by atoms with E-state index < -0.39 is 26.6 Å². The van der Waals surface area contributed by atoms with Crippen molar-refractivity contribution >= 4 is 21.6 Å². The Morgan fingerprint density at radius 2 is 1.70 bits per heavy atom. The van der Waals surface area contributed by atoms with Crippen LogP contribution in [0.2, 0.25) is 0 Å². The molecule has 1 N–H and O–H groups in total. The van der Waals surface area contributed by atoms with Crippen LogP contribution in [0.3, 0.4) is 0 Å². The van der Waals surface area contributed by atoms with Crippen molar-refractivity contribution in [3.05, 3.63) is 59.2 Å². The minimum absolute atomic E-state index is 0.128. The van der Waals surface area contributed by atoms with Gasteiger partial charge in [-0.3, -0.25) is 9.52 Å². The maximum atomic E-state index is 13.7. The Morgan fingerprint density at radius 1 is 1.09 bits per heavy atom. The molecule has 0 atom stereocenters. The van der Waals surface area contributed by atoms with Gasteiger partial charge >= 0.3 is 0 Å². The Morgan fingerprint density at radius 3 is 2.35 bits per heavy atom. The lowest BCUT2D eigenvalue weighted by Crippen LogP contribution is -2.18. The third-order valence-corrected chi connectivity index (χ3v) is 5.00. The van der Waals surface area contributed by atoms with Crippen LogP contribution < -0.4 is 4.72 Å². The predicted molar refractivity (Wildman–Crippen MR) is 79.4 cm³/mol. The smallest absolute Gasteiger partial charge is 0.267 e. The number of sulfonamides is 1. The van der Waals surface area contributed by atoms with Crippen LogP contribution in [0.1, 0.15) is 15.9 Å². The van der Waals surface area contributed by atoms with Crippen molar-refractivity contribution < 1.29 is 22.0 Å². The van der Waals surface area contributed by atoms with Crippen LogP contribution in [0.15, 0.2) is 41.3 Å². The van der Waals surface area contributed by atoms with Crippen LogP contribution in [0.5, 0.6) is 0 Å². The fourth-order valence-electron chi connectivity index (χ4n) is 2.50. The van der Waals surface area contributed by atoms with E-state index in [0.717, 1.165) is 18.2 Å². The first kappa shape index (κ1) is 15.4. The summed E-state index contributed by atoms with van der Waals surface area (Å²) >= 11 is 0. The van der Waals surface area contributed by atoms with Crippen molar-refractivity contribution in [2.24, 2.45) is 0 Å². The quantitative estimate of drug-likeness (QED) is 0.934. The number of carbonyl (C=O) groups excluding carboxylic acids is 1. The predicted octanol–water partition coefficient (Wildman–Crippen LogP) is 2.35. The molecule has 2 aromatic rings. The minimum atomic E-state index is -4.46. The highest BCUT2D eigenvalue weighted by molar-refractivity contribution is 7.92. The number of carbonyl (C=O) groups is 1. The third kappa shape index (κ3) is 2.55. The van der Waals surface area contributed by atoms with E-state index in [9.17, 15) is 22.0 Å². The van der Waals surface area contributed by atoms with Gasteiger partial charge in [0.1, 0.15) is 11.6 Å². The Hall–Kier alpha value is -2.48. The summed E-state index contributed by atoms with van der Waals surface area (Å²) in [6.07, 6.45) is 0. The number of hydrogen-bond acceptors (Lipinski definition) is 3. The summed E-state index contributed by atoms with van der Waals surface area (Å²) in [6, 6.07) is 7.34. The number of halogens is 2. The van der Waals surface area contributed by atoms with Gasteiger partial charge in [-0.2, -0.15) is 0 Å². The molecule has 0 fully saturated rings. The minimum Gasteiger partial charge on any atom is -0.337 e. The lowest BCUT2D eigenvalue weighted by atomic mass is 10.1. The van der Waals surface area contributed by atoms with E-state index in [1.807, 2.05) is 0 Å². The highest BCUT2D eigenvalue weighted by Crippen LogP contribution is 2.30. The van der Waals surface area contributed by atoms with Gasteiger partial charge in [0.25, 0.3) is 15.9 Å². The summed E-state index contributed by atoms with van der Waals surface area (Å²) in [7, 11) is -2.88. The highest BCUT2D eigenvalue weighted by Gasteiger charge is 2.30. The number of fused-ring (bicyclic) bond motifs is 1. The Labute approximate surface area is 131 Å². The molecule has 0 unspecified atom stereocenters. The summed E-state index contributed by atoms with van der Waals surface area (Å²) in [5.41, 5.74) is 0.963. The standard InChI is InChI=1S/C15H12F2N2O3S/c1-19-8-10-9(15(19)20)4-2-7-13(10)18-23(21,22)14-11(16)5-3-6-12(14)17/h2-7,18H,8H2,1H3. The van der Waals surface area contributed by atoms with Crippen molar-refractivity contribution in [3.63, 3.8) is 0 Å². The number of nitrogens with one attached hydrogen (secondary N) is 1. The average molecular weight is 338 g/mol. The molecule has 1 aliphatic heterocycles. The van der Waals surface area contributed by atoms with Gasteiger partial charge in [-0.15, -0.1) is 0 Å². The first-order chi connectivity index (χ1) is 10.8. The Kier molecular flexibility index (Phi) is 3.56. The van der Waals surface area contributed by atoms with E-state index in [-0.39, 0.29) is 18.1 Å². The van der Waals surface area contributed by atoms with Crippen molar-refractivity contribution in [1.82, 2.24) is 4.90 Å². The van der Waals surface area contributed by atoms with E-state index in [1.165, 1.54) is 17.0 Å². The number of hydrogen-bond donors (Lipinski definition) is 1. The van der Waals surface area contributed by atoms with Crippen molar-refractivity contribution in [2.45, 2.75) is 11.4 Å². The van der Waals surface area contributed by atoms with E-state index in [0.29, 0.717) is 11.1 Å². The molecular formula is C15H12F2N2O3S. The van der Waals surface area contributed by atoms with Gasteiger partial charge in [0.2, 0.25) is 0 Å². The van der Waals surface area contributed by atoms with Crippen molar-refractivity contribution in [2.75, 3.05) is 11.8 Å². The molecule has 1 heterocycles. The van der Waals surface area contributed by atoms with Gasteiger partial charge in [0.05, 0.1) is 5.69 Å². The number of anilines is 1. The number of rotatable bonds is 3. The van der Waals surface area contributed by atoms with Crippen LogP contribution in [-0.4, -0.2) is 26.3 Å². The molecule has 120 valence electrons. The average Bonchev–Trinajstić information content (AvgIpc) is 2.75. The molecule has 0 aromatic heterocycles. The van der Waals surface area contributed by atoms with Gasteiger partial charge in [-0.05, 0) is 24.3 Å². The van der Waals surface area contributed by atoms with E-state index in [1.54, 1.807) is 13.1 Å². The maximum absolute atomic E-state index is 13.7. The molecule has 3 rings (SSSR count). The second kappa shape index (κ2) is 5.31. The summed E-state index contributed by atoms with van der Waals surface area (Å²) in [4.78, 5) is 12.3. The number of nitrogens with zero attached hydrogens (tertiary/aromatic N) is 1. The molecule has 0 radical (unpaired) electrons. The molecule has 0 aliphatic carbocycles. The zero-order chi connectivity index (χ0) is 16.8. The second-order valence-corrected chi connectivity index (χ2v) is 6.77. The number of benzene rings is 2. The first-order valence-electron chi connectivity index (χ1n) is 6.65. The molecule has 8 heteroatoms. The molecule has 0 saturated carbocycles. The highest BCUT2D eigenvalue weighted by atomic mass is 32.2. The van der Waals surface area contributed by atoms with E-state index in [4.69, 9.17) is 0 Å². The second-order valence-electron chi connectivity index (χ2n) is 5.15. The SMILES string of the molecule is CN1Cc2c(NS(=O)(=O)c3c(F)cccc3F)cccc2C1=O. The Bertz CT molecular complexity index is 893. The molecule has 1 aliphatic rings. The summed E-state index contributed by atoms with van der Waals surface area (Å²) in [6.45, 7) is 0.215.